The van der Waals surface area contributed by atoms with Crippen LogP contribution in [0.25, 0.3) is 0 Å². The summed E-state index contributed by atoms with van der Waals surface area (Å²) >= 11 is 0. The summed E-state index contributed by atoms with van der Waals surface area (Å²) in [4.78, 5) is 0. The van der Waals surface area contributed by atoms with E-state index in [9.17, 15) is 8.42 Å². The Morgan fingerprint density at radius 2 is 1.50 bits per heavy atom. The Balaban J connectivity index is 3.07. The molecule has 14 heavy (non-hydrogen) atoms. The van der Waals surface area contributed by atoms with E-state index in [0.29, 0.717) is 16.5 Å². The lowest BCUT2D eigenvalue weighted by Crippen LogP contribution is -1.92. The summed E-state index contributed by atoms with van der Waals surface area (Å²) in [5.41, 5.74) is 0. The van der Waals surface area contributed by atoms with Crippen molar-refractivity contribution in [2.75, 3.05) is 5.75 Å². The average molecular weight is 240 g/mol. The van der Waals surface area contributed by atoms with Gasteiger partial charge in [0.1, 0.15) is 0 Å². The predicted molar refractivity (Wildman–Crippen MR) is 62.0 cm³/mol. The first-order valence-electron chi connectivity index (χ1n) is 5.18. The molecule has 0 radical (unpaired) electrons. The normalized spacial score (nSPS) is 11.9. The van der Waals surface area contributed by atoms with Crippen molar-refractivity contribution in [2.24, 2.45) is 0 Å². The van der Waals surface area contributed by atoms with E-state index in [1.807, 2.05) is 0 Å². The van der Waals surface area contributed by atoms with Gasteiger partial charge in [-0.1, -0.05) is 45.4 Å². The fraction of sp³-hybridized carbons (Fsp3) is 1.00. The van der Waals surface area contributed by atoms with Crippen molar-refractivity contribution in [3.8, 4) is 0 Å². The zero-order chi connectivity index (χ0) is 10.9. The van der Waals surface area contributed by atoms with Crippen molar-refractivity contribution >= 4 is 19.9 Å². The van der Waals surface area contributed by atoms with Crippen LogP contribution in [0.5, 0.6) is 0 Å². The highest BCUT2D eigenvalue weighted by Gasteiger charge is 2.03. The molecule has 0 saturated carbocycles. The highest BCUT2D eigenvalue weighted by Crippen LogP contribution is 2.14. The number of hydrogen-bond donors (Lipinski definition) is 1. The molecule has 0 aliphatic heterocycles. The van der Waals surface area contributed by atoms with Gasteiger partial charge < -0.3 is 0 Å². The van der Waals surface area contributed by atoms with Gasteiger partial charge >= 0.3 is 9.15 Å². The first-order chi connectivity index (χ1) is 6.56. The summed E-state index contributed by atoms with van der Waals surface area (Å²) in [6, 6.07) is 0. The minimum atomic E-state index is -3.81. The molecule has 0 atom stereocenters. The quantitative estimate of drug-likeness (QED) is 0.382. The van der Waals surface area contributed by atoms with Gasteiger partial charge in [-0.3, -0.25) is 4.55 Å². The molecule has 0 unspecified atom stereocenters. The number of rotatable bonds is 9. The lowest BCUT2D eigenvalue weighted by molar-refractivity contribution is 0.503. The summed E-state index contributed by atoms with van der Waals surface area (Å²) in [6.45, 7) is 2.18. The molecule has 0 aromatic rings. The van der Waals surface area contributed by atoms with Crippen molar-refractivity contribution < 1.29 is 13.0 Å². The van der Waals surface area contributed by atoms with Gasteiger partial charge in [0.2, 0.25) is 0 Å². The Labute approximate surface area is 90.8 Å². The topological polar surface area (TPSA) is 54.4 Å². The van der Waals surface area contributed by atoms with Crippen molar-refractivity contribution in [2.45, 2.75) is 51.9 Å². The van der Waals surface area contributed by atoms with Crippen LogP contribution in [0.4, 0.5) is 0 Å². The molecular weight excluding hydrogens is 220 g/mol. The molecule has 0 aromatic carbocycles. The fourth-order valence-electron chi connectivity index (χ4n) is 1.22. The third-order valence-electron chi connectivity index (χ3n) is 1.98. The molecule has 0 aliphatic rings. The Morgan fingerprint density at radius 1 is 1.00 bits per heavy atom. The van der Waals surface area contributed by atoms with Crippen molar-refractivity contribution in [3.05, 3.63) is 0 Å². The molecule has 0 fully saturated rings. The molecule has 3 nitrogen and oxygen atoms in total. The smallest absolute Gasteiger partial charge is 0.277 e. The summed E-state index contributed by atoms with van der Waals surface area (Å²) in [5.74, 6) is 0.507. The van der Waals surface area contributed by atoms with Gasteiger partial charge in [0, 0.05) is 5.75 Å². The van der Waals surface area contributed by atoms with Crippen LogP contribution in [0.15, 0.2) is 0 Å². The maximum atomic E-state index is 10.3. The molecule has 5 heteroatoms. The van der Waals surface area contributed by atoms with Crippen LogP contribution >= 0.6 is 10.8 Å². The zero-order valence-electron chi connectivity index (χ0n) is 8.74. The Morgan fingerprint density at radius 3 is 2.00 bits per heavy atom. The number of unbranched alkanes of at least 4 members (excludes halogenated alkanes) is 6. The van der Waals surface area contributed by atoms with Gasteiger partial charge in [0.05, 0.1) is 0 Å². The molecule has 86 valence electrons. The lowest BCUT2D eigenvalue weighted by atomic mass is 10.1. The van der Waals surface area contributed by atoms with Gasteiger partial charge in [-0.05, 0) is 17.2 Å². The SMILES string of the molecule is CCCCCCCCCSS(=O)(=O)O. The van der Waals surface area contributed by atoms with Crippen LogP contribution in [0.2, 0.25) is 0 Å². The molecule has 0 amide bonds. The Kier molecular flexibility index (Phi) is 8.72. The van der Waals surface area contributed by atoms with Crippen LogP contribution in [0.3, 0.4) is 0 Å². The van der Waals surface area contributed by atoms with Gasteiger partial charge in [-0.25, -0.2) is 0 Å². The average Bonchev–Trinajstić information content (AvgIpc) is 2.08. The minimum absolute atomic E-state index is 0.507. The van der Waals surface area contributed by atoms with E-state index in [4.69, 9.17) is 4.55 Å². The summed E-state index contributed by atoms with van der Waals surface area (Å²) in [7, 11) is -3.18. The summed E-state index contributed by atoms with van der Waals surface area (Å²) in [6.07, 6.45) is 8.17. The molecule has 0 spiro atoms. The second-order valence-corrected chi connectivity index (χ2v) is 6.84. The molecule has 0 saturated heterocycles. The minimum Gasteiger partial charge on any atom is -0.277 e. The summed E-state index contributed by atoms with van der Waals surface area (Å²) in [5, 5.41) is 0. The molecule has 0 heterocycles. The van der Waals surface area contributed by atoms with Crippen LogP contribution in [-0.4, -0.2) is 18.7 Å². The molecule has 1 N–H and O–H groups in total. The second-order valence-electron chi connectivity index (χ2n) is 3.37. The first kappa shape index (κ1) is 14.3. The van der Waals surface area contributed by atoms with E-state index < -0.39 is 9.15 Å². The largest absolute Gasteiger partial charge is 0.319 e. The van der Waals surface area contributed by atoms with Gasteiger partial charge in [0.15, 0.2) is 0 Å². The van der Waals surface area contributed by atoms with E-state index in [0.717, 1.165) is 12.8 Å². The Hall–Kier alpha value is 0.260. The van der Waals surface area contributed by atoms with Crippen molar-refractivity contribution in [1.82, 2.24) is 0 Å². The van der Waals surface area contributed by atoms with Crippen LogP contribution < -0.4 is 0 Å². The monoisotopic (exact) mass is 240 g/mol. The van der Waals surface area contributed by atoms with Gasteiger partial charge in [-0.2, -0.15) is 8.42 Å². The fourth-order valence-corrected chi connectivity index (χ4v) is 2.74. The van der Waals surface area contributed by atoms with E-state index in [-0.39, 0.29) is 0 Å². The maximum absolute atomic E-state index is 10.3. The standard InChI is InChI=1S/C9H20O3S2/c1-2-3-4-5-6-7-8-9-13-14(10,11)12/h2-9H2,1H3,(H,10,11,12). The highest BCUT2D eigenvalue weighted by molar-refractivity contribution is 8.69. The van der Waals surface area contributed by atoms with E-state index in [1.165, 1.54) is 32.1 Å². The van der Waals surface area contributed by atoms with Crippen LogP contribution in [-0.2, 0) is 9.15 Å². The van der Waals surface area contributed by atoms with Crippen molar-refractivity contribution in [3.63, 3.8) is 0 Å². The predicted octanol–water partition coefficient (Wildman–Crippen LogP) is 3.27. The van der Waals surface area contributed by atoms with E-state index >= 15 is 0 Å². The van der Waals surface area contributed by atoms with Gasteiger partial charge in [-0.15, -0.1) is 0 Å². The number of hydrogen-bond acceptors (Lipinski definition) is 3. The molecular formula is C9H20O3S2. The zero-order valence-corrected chi connectivity index (χ0v) is 10.4. The maximum Gasteiger partial charge on any atom is 0.319 e. The van der Waals surface area contributed by atoms with E-state index in [1.54, 1.807) is 0 Å². The van der Waals surface area contributed by atoms with Gasteiger partial charge in [0.25, 0.3) is 0 Å². The van der Waals surface area contributed by atoms with Crippen molar-refractivity contribution in [1.29, 1.82) is 0 Å². The second kappa shape index (κ2) is 8.56. The van der Waals surface area contributed by atoms with Crippen LogP contribution in [0, 0.1) is 0 Å². The third kappa shape index (κ3) is 12.3. The third-order valence-corrected chi connectivity index (χ3v) is 4.13. The van der Waals surface area contributed by atoms with Crippen LogP contribution in [0.1, 0.15) is 51.9 Å². The lowest BCUT2D eigenvalue weighted by Gasteiger charge is -1.99. The molecule has 0 bridgehead atoms. The van der Waals surface area contributed by atoms with E-state index in [2.05, 4.69) is 6.92 Å². The molecule has 0 aromatic heterocycles. The molecule has 0 rings (SSSR count). The molecule has 0 aliphatic carbocycles. The Bertz CT molecular complexity index is 212. The first-order valence-corrected chi connectivity index (χ1v) is 8.12. The highest BCUT2D eigenvalue weighted by atomic mass is 33.1. The summed E-state index contributed by atoms with van der Waals surface area (Å²) < 4.78 is 29.1.